The van der Waals surface area contributed by atoms with E-state index in [-0.39, 0.29) is 16.8 Å². The zero-order valence-electron chi connectivity index (χ0n) is 10.2. The highest BCUT2D eigenvalue weighted by Gasteiger charge is 2.11. The first-order chi connectivity index (χ1) is 8.09. The quantitative estimate of drug-likeness (QED) is 0.820. The fraction of sp³-hybridized carbons (Fsp3) is 0.462. The lowest BCUT2D eigenvalue weighted by atomic mass is 10.2. The summed E-state index contributed by atoms with van der Waals surface area (Å²) in [6.07, 6.45) is 0. The van der Waals surface area contributed by atoms with Gasteiger partial charge in [-0.15, -0.1) is 0 Å². The van der Waals surface area contributed by atoms with E-state index in [1.807, 2.05) is 37.3 Å². The van der Waals surface area contributed by atoms with Crippen molar-refractivity contribution >= 4 is 21.8 Å². The molecule has 4 heteroatoms. The number of nitrogens with one attached hydrogen (secondary N) is 1. The number of carbonyl (C=O) groups is 1. The summed E-state index contributed by atoms with van der Waals surface area (Å²) in [5.41, 5.74) is 1.14. The molecule has 1 rings (SSSR count). The maximum Gasteiger partial charge on any atom is 0.233 e. The van der Waals surface area contributed by atoms with Gasteiger partial charge in [-0.1, -0.05) is 46.3 Å². The van der Waals surface area contributed by atoms with Gasteiger partial charge in [0.1, 0.15) is 0 Å². The number of ether oxygens (including phenoxy) is 1. The monoisotopic (exact) mass is 299 g/mol. The van der Waals surface area contributed by atoms with E-state index in [4.69, 9.17) is 4.74 Å². The van der Waals surface area contributed by atoms with Gasteiger partial charge >= 0.3 is 0 Å². The third-order valence-corrected chi connectivity index (χ3v) is 2.65. The lowest BCUT2D eigenvalue weighted by Crippen LogP contribution is -2.39. The highest BCUT2D eigenvalue weighted by Crippen LogP contribution is 2.02. The number of carbonyl (C=O) groups excluding carboxylic acids is 1. The van der Waals surface area contributed by atoms with Crippen LogP contribution in [0.4, 0.5) is 0 Å². The van der Waals surface area contributed by atoms with E-state index in [1.54, 1.807) is 6.92 Å². The summed E-state index contributed by atoms with van der Waals surface area (Å²) >= 11 is 3.22. The molecule has 0 bridgehead atoms. The summed E-state index contributed by atoms with van der Waals surface area (Å²) in [6.45, 7) is 4.82. The second-order valence-electron chi connectivity index (χ2n) is 4.03. The Hall–Kier alpha value is -0.870. The molecule has 0 saturated carbocycles. The number of amides is 1. The van der Waals surface area contributed by atoms with E-state index >= 15 is 0 Å². The largest absolute Gasteiger partial charge is 0.375 e. The Balaban J connectivity index is 2.20. The maximum atomic E-state index is 11.4. The molecule has 0 aliphatic carbocycles. The molecule has 3 nitrogen and oxygen atoms in total. The van der Waals surface area contributed by atoms with Gasteiger partial charge in [0.15, 0.2) is 0 Å². The Morgan fingerprint density at radius 2 is 2.00 bits per heavy atom. The third-order valence-electron chi connectivity index (χ3n) is 2.23. The lowest BCUT2D eigenvalue weighted by molar-refractivity contribution is -0.121. The zero-order valence-corrected chi connectivity index (χ0v) is 11.7. The van der Waals surface area contributed by atoms with Crippen LogP contribution in [0.1, 0.15) is 19.4 Å². The third kappa shape index (κ3) is 5.84. The average molecular weight is 300 g/mol. The second-order valence-corrected chi connectivity index (χ2v) is 5.40. The van der Waals surface area contributed by atoms with E-state index in [0.29, 0.717) is 13.2 Å². The van der Waals surface area contributed by atoms with Crippen LogP contribution in [0.25, 0.3) is 0 Å². The molecule has 0 aliphatic rings. The molecule has 1 N–H and O–H groups in total. The first kappa shape index (κ1) is 14.2. The van der Waals surface area contributed by atoms with Crippen LogP contribution in [0.5, 0.6) is 0 Å². The number of hydrogen-bond acceptors (Lipinski definition) is 2. The topological polar surface area (TPSA) is 38.3 Å². The predicted octanol–water partition coefficient (Wildman–Crippen LogP) is 2.49. The molecular formula is C13H18BrNO2. The van der Waals surface area contributed by atoms with Gasteiger partial charge in [-0.2, -0.15) is 0 Å². The standard InChI is InChI=1S/C13H18BrNO2/c1-10(15-13(16)11(2)14)8-17-9-12-6-4-3-5-7-12/h3-7,10-11H,8-9H2,1-2H3,(H,15,16). The predicted molar refractivity (Wildman–Crippen MR) is 72.1 cm³/mol. The van der Waals surface area contributed by atoms with Gasteiger partial charge in [-0.05, 0) is 19.4 Å². The summed E-state index contributed by atoms with van der Waals surface area (Å²) in [6, 6.07) is 10.00. The number of rotatable bonds is 6. The Bertz CT molecular complexity index is 341. The molecule has 0 aliphatic heterocycles. The Morgan fingerprint density at radius 3 is 2.59 bits per heavy atom. The van der Waals surface area contributed by atoms with Gasteiger partial charge < -0.3 is 10.1 Å². The van der Waals surface area contributed by atoms with Gasteiger partial charge in [0, 0.05) is 6.04 Å². The molecule has 0 fully saturated rings. The SMILES string of the molecule is CC(COCc1ccccc1)NC(=O)C(C)Br. The van der Waals surface area contributed by atoms with Crippen molar-refractivity contribution in [2.75, 3.05) is 6.61 Å². The van der Waals surface area contributed by atoms with E-state index in [1.165, 1.54) is 0 Å². The van der Waals surface area contributed by atoms with E-state index in [2.05, 4.69) is 21.2 Å². The molecule has 0 radical (unpaired) electrons. The van der Waals surface area contributed by atoms with Gasteiger partial charge in [0.25, 0.3) is 0 Å². The van der Waals surface area contributed by atoms with Crippen molar-refractivity contribution in [2.24, 2.45) is 0 Å². The first-order valence-electron chi connectivity index (χ1n) is 5.65. The zero-order chi connectivity index (χ0) is 12.7. The maximum absolute atomic E-state index is 11.4. The number of alkyl halides is 1. The van der Waals surface area contributed by atoms with Crippen molar-refractivity contribution in [2.45, 2.75) is 31.3 Å². The fourth-order valence-electron chi connectivity index (χ4n) is 1.33. The van der Waals surface area contributed by atoms with Crippen molar-refractivity contribution in [3.05, 3.63) is 35.9 Å². The van der Waals surface area contributed by atoms with Crippen molar-refractivity contribution in [1.29, 1.82) is 0 Å². The second kappa shape index (κ2) is 7.45. The summed E-state index contributed by atoms with van der Waals surface area (Å²) < 4.78 is 5.53. The molecule has 1 amide bonds. The van der Waals surface area contributed by atoms with Crippen LogP contribution in [-0.2, 0) is 16.1 Å². The van der Waals surface area contributed by atoms with Crippen LogP contribution in [-0.4, -0.2) is 23.4 Å². The number of hydrogen-bond donors (Lipinski definition) is 1. The van der Waals surface area contributed by atoms with Crippen molar-refractivity contribution in [1.82, 2.24) is 5.32 Å². The summed E-state index contributed by atoms with van der Waals surface area (Å²) in [7, 11) is 0. The van der Waals surface area contributed by atoms with Crippen LogP contribution in [0, 0.1) is 0 Å². The van der Waals surface area contributed by atoms with E-state index in [0.717, 1.165) is 5.56 Å². The summed E-state index contributed by atoms with van der Waals surface area (Å²) in [5, 5.41) is 2.85. The first-order valence-corrected chi connectivity index (χ1v) is 6.57. The molecule has 0 saturated heterocycles. The van der Waals surface area contributed by atoms with E-state index < -0.39 is 0 Å². The normalized spacial score (nSPS) is 14.1. The van der Waals surface area contributed by atoms with Gasteiger partial charge in [-0.25, -0.2) is 0 Å². The van der Waals surface area contributed by atoms with Gasteiger partial charge in [0.05, 0.1) is 18.0 Å². The summed E-state index contributed by atoms with van der Waals surface area (Å²) in [5.74, 6) is -0.0131. The molecule has 1 aromatic rings. The van der Waals surface area contributed by atoms with Crippen molar-refractivity contribution in [3.8, 4) is 0 Å². The molecule has 2 atom stereocenters. The fourth-order valence-corrected chi connectivity index (χ4v) is 1.46. The highest BCUT2D eigenvalue weighted by atomic mass is 79.9. The molecule has 2 unspecified atom stereocenters. The number of benzene rings is 1. The van der Waals surface area contributed by atoms with Crippen LogP contribution in [0.2, 0.25) is 0 Å². The Morgan fingerprint density at radius 1 is 1.35 bits per heavy atom. The van der Waals surface area contributed by atoms with Crippen LogP contribution in [0.15, 0.2) is 30.3 Å². The molecule has 0 spiro atoms. The van der Waals surface area contributed by atoms with Crippen LogP contribution < -0.4 is 5.32 Å². The molecule has 94 valence electrons. The van der Waals surface area contributed by atoms with Gasteiger partial charge in [-0.3, -0.25) is 4.79 Å². The molecular weight excluding hydrogens is 282 g/mol. The minimum absolute atomic E-state index is 0.0131. The molecule has 17 heavy (non-hydrogen) atoms. The number of halogens is 1. The highest BCUT2D eigenvalue weighted by molar-refractivity contribution is 9.10. The molecule has 1 aromatic carbocycles. The Kier molecular flexibility index (Phi) is 6.22. The van der Waals surface area contributed by atoms with Crippen molar-refractivity contribution < 1.29 is 9.53 Å². The smallest absolute Gasteiger partial charge is 0.233 e. The Labute approximate surface area is 111 Å². The molecule has 0 heterocycles. The van der Waals surface area contributed by atoms with Crippen molar-refractivity contribution in [3.63, 3.8) is 0 Å². The van der Waals surface area contributed by atoms with Gasteiger partial charge in [0.2, 0.25) is 5.91 Å². The van der Waals surface area contributed by atoms with Crippen LogP contribution >= 0.6 is 15.9 Å². The minimum Gasteiger partial charge on any atom is -0.375 e. The van der Waals surface area contributed by atoms with Crippen LogP contribution in [0.3, 0.4) is 0 Å². The minimum atomic E-state index is -0.168. The molecule has 0 aromatic heterocycles. The summed E-state index contributed by atoms with van der Waals surface area (Å²) in [4.78, 5) is 11.2. The van der Waals surface area contributed by atoms with E-state index in [9.17, 15) is 4.79 Å². The lowest BCUT2D eigenvalue weighted by Gasteiger charge is -2.15. The average Bonchev–Trinajstić information content (AvgIpc) is 2.30.